The molecule has 8 heteroatoms. The van der Waals surface area contributed by atoms with Crippen molar-refractivity contribution in [3.05, 3.63) is 58.0 Å². The first-order chi connectivity index (χ1) is 12.0. The van der Waals surface area contributed by atoms with Gasteiger partial charge in [0.15, 0.2) is 5.16 Å². The zero-order chi connectivity index (χ0) is 18.2. The summed E-state index contributed by atoms with van der Waals surface area (Å²) in [7, 11) is 0. The molecule has 0 unspecified atom stereocenters. The van der Waals surface area contributed by atoms with Gasteiger partial charge in [-0.15, -0.1) is 0 Å². The molecule has 1 amide bonds. The Labute approximate surface area is 149 Å². The molecule has 0 aliphatic rings. The van der Waals surface area contributed by atoms with Gasteiger partial charge in [0, 0.05) is 5.75 Å². The van der Waals surface area contributed by atoms with Crippen molar-refractivity contribution in [3.8, 4) is 0 Å². The number of hydrogen-bond acceptors (Lipinski definition) is 6. The van der Waals surface area contributed by atoms with Crippen molar-refractivity contribution in [1.82, 2.24) is 9.55 Å². The average Bonchev–Trinajstić information content (AvgIpc) is 2.58. The van der Waals surface area contributed by atoms with Crippen LogP contribution in [0.2, 0.25) is 0 Å². The van der Waals surface area contributed by atoms with Crippen LogP contribution in [0.1, 0.15) is 22.8 Å². The highest BCUT2D eigenvalue weighted by atomic mass is 32.2. The summed E-state index contributed by atoms with van der Waals surface area (Å²) >= 11 is 1.32. The molecule has 0 aliphatic heterocycles. The van der Waals surface area contributed by atoms with Gasteiger partial charge >= 0.3 is 5.97 Å². The van der Waals surface area contributed by atoms with Crippen molar-refractivity contribution in [3.63, 3.8) is 0 Å². The maximum atomic E-state index is 12.5. The number of aromatic nitrogens is 2. The van der Waals surface area contributed by atoms with Crippen LogP contribution in [0.3, 0.4) is 0 Å². The molecule has 2 rings (SSSR count). The van der Waals surface area contributed by atoms with E-state index in [1.165, 1.54) is 18.0 Å². The smallest absolute Gasteiger partial charge is 0.345 e. The molecule has 2 aromatic rings. The van der Waals surface area contributed by atoms with E-state index in [-0.39, 0.29) is 18.7 Å². The van der Waals surface area contributed by atoms with Gasteiger partial charge in [-0.25, -0.2) is 9.78 Å². The highest BCUT2D eigenvalue weighted by molar-refractivity contribution is 7.99. The van der Waals surface area contributed by atoms with Gasteiger partial charge < -0.3 is 10.5 Å². The SMILES string of the molecule is CCOC(=O)c1cnc(SCCc2ccccc2)n(CC(N)=O)c1=O. The maximum Gasteiger partial charge on any atom is 0.345 e. The third kappa shape index (κ3) is 5.18. The number of rotatable bonds is 8. The first-order valence-corrected chi connectivity index (χ1v) is 8.73. The number of esters is 1. The molecule has 0 saturated heterocycles. The summed E-state index contributed by atoms with van der Waals surface area (Å²) in [6.45, 7) is 1.44. The van der Waals surface area contributed by atoms with Gasteiger partial charge in [-0.1, -0.05) is 42.1 Å². The average molecular weight is 361 g/mol. The topological polar surface area (TPSA) is 104 Å². The van der Waals surface area contributed by atoms with E-state index >= 15 is 0 Å². The first kappa shape index (κ1) is 18.7. The van der Waals surface area contributed by atoms with Crippen LogP contribution in [0, 0.1) is 0 Å². The summed E-state index contributed by atoms with van der Waals surface area (Å²) in [6, 6.07) is 9.87. The maximum absolute atomic E-state index is 12.5. The third-order valence-corrected chi connectivity index (χ3v) is 4.28. The van der Waals surface area contributed by atoms with Crippen LogP contribution in [0.4, 0.5) is 0 Å². The summed E-state index contributed by atoms with van der Waals surface area (Å²) in [5.41, 5.74) is 5.53. The molecule has 1 aromatic heterocycles. The first-order valence-electron chi connectivity index (χ1n) is 7.75. The van der Waals surface area contributed by atoms with Crippen molar-refractivity contribution < 1.29 is 14.3 Å². The normalized spacial score (nSPS) is 10.4. The van der Waals surface area contributed by atoms with Gasteiger partial charge in [0.25, 0.3) is 5.56 Å². The monoisotopic (exact) mass is 361 g/mol. The molecule has 0 atom stereocenters. The largest absolute Gasteiger partial charge is 0.462 e. The number of nitrogens with two attached hydrogens (primary N) is 1. The van der Waals surface area contributed by atoms with E-state index in [9.17, 15) is 14.4 Å². The van der Waals surface area contributed by atoms with Gasteiger partial charge in [-0.05, 0) is 18.9 Å². The summed E-state index contributed by atoms with van der Waals surface area (Å²) < 4.78 is 5.95. The Balaban J connectivity index is 2.21. The number of aryl methyl sites for hydroxylation is 1. The molecule has 0 fully saturated rings. The number of hydrogen-bond donors (Lipinski definition) is 1. The number of carbonyl (C=O) groups is 2. The third-order valence-electron chi connectivity index (χ3n) is 3.28. The number of primary amides is 1. The number of benzene rings is 1. The molecule has 0 spiro atoms. The lowest BCUT2D eigenvalue weighted by atomic mass is 10.2. The lowest BCUT2D eigenvalue weighted by molar-refractivity contribution is -0.118. The van der Waals surface area contributed by atoms with E-state index in [1.54, 1.807) is 6.92 Å². The molecule has 7 nitrogen and oxygen atoms in total. The second kappa shape index (κ2) is 9.03. The van der Waals surface area contributed by atoms with Crippen LogP contribution in [-0.4, -0.2) is 33.8 Å². The molecule has 0 radical (unpaired) electrons. The van der Waals surface area contributed by atoms with Crippen LogP contribution in [0.25, 0.3) is 0 Å². The van der Waals surface area contributed by atoms with Crippen molar-refractivity contribution in [2.24, 2.45) is 5.73 Å². The predicted octanol–water partition coefficient (Wildman–Crippen LogP) is 1.24. The van der Waals surface area contributed by atoms with Crippen LogP contribution in [0.5, 0.6) is 0 Å². The second-order valence-corrected chi connectivity index (χ2v) is 6.18. The summed E-state index contributed by atoms with van der Waals surface area (Å²) in [4.78, 5) is 39.7. The minimum atomic E-state index is -0.765. The van der Waals surface area contributed by atoms with Crippen LogP contribution in [-0.2, 0) is 22.5 Å². The molecule has 1 aromatic carbocycles. The molecule has 0 saturated carbocycles. The Morgan fingerprint density at radius 1 is 1.28 bits per heavy atom. The molecule has 25 heavy (non-hydrogen) atoms. The lowest BCUT2D eigenvalue weighted by Crippen LogP contribution is -2.33. The highest BCUT2D eigenvalue weighted by Crippen LogP contribution is 2.16. The summed E-state index contributed by atoms with van der Waals surface area (Å²) in [6.07, 6.45) is 1.96. The molecular formula is C17H19N3O4S. The van der Waals surface area contributed by atoms with Gasteiger partial charge in [0.1, 0.15) is 12.1 Å². The number of amides is 1. The quantitative estimate of drug-likeness (QED) is 0.431. The molecule has 0 bridgehead atoms. The second-order valence-electron chi connectivity index (χ2n) is 5.12. The van der Waals surface area contributed by atoms with Gasteiger partial charge in [0.05, 0.1) is 12.8 Å². The Kier molecular flexibility index (Phi) is 6.76. The standard InChI is InChI=1S/C17H19N3O4S/c1-2-24-16(23)13-10-19-17(20(15(13)22)11-14(18)21)25-9-8-12-6-4-3-5-7-12/h3-7,10H,2,8-9,11H2,1H3,(H2,18,21). The van der Waals surface area contributed by atoms with Crippen LogP contribution in [0.15, 0.2) is 46.5 Å². The van der Waals surface area contributed by atoms with Crippen molar-refractivity contribution >= 4 is 23.6 Å². The number of carbonyl (C=O) groups excluding carboxylic acids is 2. The minimum absolute atomic E-state index is 0.141. The van der Waals surface area contributed by atoms with Crippen molar-refractivity contribution in [2.75, 3.05) is 12.4 Å². The van der Waals surface area contributed by atoms with E-state index in [2.05, 4.69) is 4.98 Å². The zero-order valence-corrected chi connectivity index (χ0v) is 14.6. The zero-order valence-electron chi connectivity index (χ0n) is 13.8. The fourth-order valence-corrected chi connectivity index (χ4v) is 3.09. The minimum Gasteiger partial charge on any atom is -0.462 e. The highest BCUT2D eigenvalue weighted by Gasteiger charge is 2.18. The van der Waals surface area contributed by atoms with E-state index in [0.29, 0.717) is 10.9 Å². The number of ether oxygens (including phenoxy) is 1. The van der Waals surface area contributed by atoms with Crippen LogP contribution < -0.4 is 11.3 Å². The Hall–Kier alpha value is -2.61. The molecular weight excluding hydrogens is 342 g/mol. The lowest BCUT2D eigenvalue weighted by Gasteiger charge is -2.11. The molecule has 0 aliphatic carbocycles. The van der Waals surface area contributed by atoms with Crippen molar-refractivity contribution in [2.45, 2.75) is 25.0 Å². The van der Waals surface area contributed by atoms with Gasteiger partial charge in [0.2, 0.25) is 5.91 Å². The van der Waals surface area contributed by atoms with E-state index < -0.39 is 17.4 Å². The van der Waals surface area contributed by atoms with E-state index in [4.69, 9.17) is 10.5 Å². The van der Waals surface area contributed by atoms with E-state index in [1.807, 2.05) is 30.3 Å². The Morgan fingerprint density at radius 3 is 2.64 bits per heavy atom. The van der Waals surface area contributed by atoms with E-state index in [0.717, 1.165) is 16.6 Å². The summed E-state index contributed by atoms with van der Waals surface area (Å²) in [5.74, 6) is -0.789. The molecule has 1 heterocycles. The number of thioether (sulfide) groups is 1. The van der Waals surface area contributed by atoms with Crippen molar-refractivity contribution in [1.29, 1.82) is 0 Å². The Bertz CT molecular complexity index is 805. The van der Waals surface area contributed by atoms with Gasteiger partial charge in [-0.3, -0.25) is 14.2 Å². The predicted molar refractivity (Wildman–Crippen MR) is 94.5 cm³/mol. The van der Waals surface area contributed by atoms with Crippen LogP contribution >= 0.6 is 11.8 Å². The fraction of sp³-hybridized carbons (Fsp3) is 0.294. The molecule has 2 N–H and O–H groups in total. The fourth-order valence-electron chi connectivity index (χ4n) is 2.14. The van der Waals surface area contributed by atoms with Gasteiger partial charge in [-0.2, -0.15) is 0 Å². The number of nitrogens with zero attached hydrogens (tertiary/aromatic N) is 2. The molecule has 132 valence electrons. The Morgan fingerprint density at radius 2 is 2.00 bits per heavy atom. The summed E-state index contributed by atoms with van der Waals surface area (Å²) in [5, 5.41) is 0.341.